The van der Waals surface area contributed by atoms with E-state index in [1.807, 2.05) is 83.3 Å². The van der Waals surface area contributed by atoms with Gasteiger partial charge in [-0.1, -0.05) is 138 Å². The normalized spacial score (nSPS) is 19.1. The maximum Gasteiger partial charge on any atom is 0.351 e. The van der Waals surface area contributed by atoms with Crippen LogP contribution in [0.15, 0.2) is 71.7 Å². The van der Waals surface area contributed by atoms with Gasteiger partial charge in [0.15, 0.2) is 12.0 Å². The fourth-order valence-corrected chi connectivity index (χ4v) is 7.15. The first kappa shape index (κ1) is 41.8. The summed E-state index contributed by atoms with van der Waals surface area (Å²) in [5.74, 6) is -0.271. The topological polar surface area (TPSA) is 140 Å². The van der Waals surface area contributed by atoms with E-state index in [9.17, 15) is 24.6 Å². The molecule has 284 valence electrons. The average molecular weight is 830 g/mol. The number of carbonyl (C=O) groups excluding carboxylic acids is 2. The smallest absolute Gasteiger partial charge is 0.351 e. The zero-order valence-electron chi connectivity index (χ0n) is 30.5. The number of rotatable bonds is 24. The summed E-state index contributed by atoms with van der Waals surface area (Å²) in [4.78, 5) is 42.5. The van der Waals surface area contributed by atoms with Crippen molar-refractivity contribution >= 4 is 40.1 Å². The molecule has 1 aliphatic rings. The van der Waals surface area contributed by atoms with E-state index in [1.54, 1.807) is 0 Å². The zero-order chi connectivity index (χ0) is 37.1. The highest BCUT2D eigenvalue weighted by Gasteiger charge is 2.49. The van der Waals surface area contributed by atoms with Gasteiger partial charge in [-0.15, -0.1) is 0 Å². The van der Waals surface area contributed by atoms with Crippen molar-refractivity contribution < 1.29 is 29.3 Å². The van der Waals surface area contributed by atoms with Crippen LogP contribution >= 0.6 is 22.6 Å². The summed E-state index contributed by atoms with van der Waals surface area (Å²) in [6.07, 6.45) is 11.7. The molecule has 2 heterocycles. The number of Topliss-reactive ketones (excluding diaryl/α,β-unsaturated/α-hetero) is 1. The zero-order valence-corrected chi connectivity index (χ0v) is 32.6. The molecule has 3 aromatic rings. The Morgan fingerprint density at radius 3 is 2.06 bits per heavy atom. The van der Waals surface area contributed by atoms with Crippen molar-refractivity contribution in [2.24, 2.45) is 0 Å². The first-order valence-electron chi connectivity index (χ1n) is 19.1. The van der Waals surface area contributed by atoms with Gasteiger partial charge >= 0.3 is 5.69 Å². The summed E-state index contributed by atoms with van der Waals surface area (Å²) in [7, 11) is 0. The molecule has 1 saturated heterocycles. The van der Waals surface area contributed by atoms with E-state index in [2.05, 4.69) is 17.2 Å². The van der Waals surface area contributed by atoms with Crippen molar-refractivity contribution in [3.05, 3.63) is 92.0 Å². The number of nitrogens with zero attached hydrogens (tertiary/aromatic N) is 2. The van der Waals surface area contributed by atoms with Crippen LogP contribution in [0.25, 0.3) is 0 Å². The van der Waals surface area contributed by atoms with Gasteiger partial charge in [-0.05, 0) is 40.1 Å². The standard InChI is InChI=1S/C41H56IN3O7/c1-2-3-4-5-6-7-8-9-10-11-12-19-24-32(46)25-26-35(48)43-39-33(42)28-45(41(50)44-39)40-36(49)38(51-29-31-22-17-14-18-23-31)37(52-40)34(47)27-30-20-15-13-16-21-30/h13-18,20-23,28,34,36-38,40,47,49H,2-12,19,24-27,29H2,1H3,(H,43,44,48,50)/t34?,36-,37-,38+,40-/m1/s1. The van der Waals surface area contributed by atoms with Gasteiger partial charge in [0, 0.05) is 31.9 Å². The number of amides is 1. The third-order valence-electron chi connectivity index (χ3n) is 9.58. The molecule has 3 N–H and O–H groups in total. The van der Waals surface area contributed by atoms with E-state index in [1.165, 1.54) is 64.0 Å². The number of aliphatic hydroxyl groups excluding tert-OH is 2. The van der Waals surface area contributed by atoms with Gasteiger partial charge < -0.3 is 25.0 Å². The van der Waals surface area contributed by atoms with Gasteiger partial charge in [0.2, 0.25) is 5.91 Å². The monoisotopic (exact) mass is 829 g/mol. The molecule has 4 rings (SSSR count). The second-order valence-corrected chi connectivity index (χ2v) is 15.0. The Hall–Kier alpha value is -2.97. The molecule has 5 atom stereocenters. The van der Waals surface area contributed by atoms with Crippen molar-refractivity contribution in [3.63, 3.8) is 0 Å². The molecule has 0 saturated carbocycles. The molecule has 10 nitrogen and oxygen atoms in total. The molecule has 1 amide bonds. The van der Waals surface area contributed by atoms with E-state index in [0.29, 0.717) is 9.99 Å². The van der Waals surface area contributed by atoms with Crippen LogP contribution in [-0.2, 0) is 32.1 Å². The first-order valence-corrected chi connectivity index (χ1v) is 20.2. The van der Waals surface area contributed by atoms with Crippen LogP contribution < -0.4 is 11.0 Å². The largest absolute Gasteiger partial charge is 0.390 e. The third kappa shape index (κ3) is 13.8. The van der Waals surface area contributed by atoms with Crippen LogP contribution in [0.2, 0.25) is 0 Å². The number of unbranched alkanes of at least 4 members (excludes halogenated alkanes) is 11. The van der Waals surface area contributed by atoms with Gasteiger partial charge in [0.25, 0.3) is 0 Å². The fourth-order valence-electron chi connectivity index (χ4n) is 6.60. The summed E-state index contributed by atoms with van der Waals surface area (Å²) in [6.45, 7) is 2.41. The van der Waals surface area contributed by atoms with Gasteiger partial charge in [0.05, 0.1) is 16.3 Å². The Morgan fingerprint density at radius 1 is 0.865 bits per heavy atom. The van der Waals surface area contributed by atoms with Crippen molar-refractivity contribution in [3.8, 4) is 0 Å². The first-order chi connectivity index (χ1) is 25.3. The van der Waals surface area contributed by atoms with Gasteiger partial charge in [-0.3, -0.25) is 14.2 Å². The Balaban J connectivity index is 1.25. The van der Waals surface area contributed by atoms with E-state index < -0.39 is 42.2 Å². The molecule has 52 heavy (non-hydrogen) atoms. The summed E-state index contributed by atoms with van der Waals surface area (Å²) >= 11 is 1.96. The SMILES string of the molecule is CCCCCCCCCCCCCCC(=O)CCC(=O)Nc1nc(=O)n([C@@H]2O[C@H](C(O)Cc3ccccc3)[C@@H](OCc3ccccc3)[C@H]2O)cc1I. The lowest BCUT2D eigenvalue weighted by Crippen LogP contribution is -2.42. The predicted octanol–water partition coefficient (Wildman–Crippen LogP) is 7.67. The minimum Gasteiger partial charge on any atom is -0.390 e. The molecule has 1 unspecified atom stereocenters. The van der Waals surface area contributed by atoms with Gasteiger partial charge in [-0.25, -0.2) is 4.79 Å². The molecular weight excluding hydrogens is 773 g/mol. The number of benzene rings is 2. The second kappa shape index (κ2) is 23.0. The number of nitrogens with one attached hydrogen (secondary N) is 1. The molecule has 1 aromatic heterocycles. The average Bonchev–Trinajstić information content (AvgIpc) is 3.47. The fraction of sp³-hybridized carbons (Fsp3) is 0.561. The quantitative estimate of drug-likeness (QED) is 0.0618. The van der Waals surface area contributed by atoms with Crippen molar-refractivity contribution in [1.29, 1.82) is 0 Å². The summed E-state index contributed by atoms with van der Waals surface area (Å²) in [6, 6.07) is 18.9. The number of ketones is 1. The Bertz CT molecular complexity index is 1550. The number of carbonyl (C=O) groups is 2. The molecule has 2 aromatic carbocycles. The van der Waals surface area contributed by atoms with Crippen LogP contribution in [0.3, 0.4) is 0 Å². The van der Waals surface area contributed by atoms with E-state index in [0.717, 1.165) is 35.0 Å². The molecule has 0 aliphatic carbocycles. The van der Waals surface area contributed by atoms with Crippen molar-refractivity contribution in [2.75, 3.05) is 5.32 Å². The number of hydrogen-bond donors (Lipinski definition) is 3. The van der Waals surface area contributed by atoms with E-state index in [-0.39, 0.29) is 37.5 Å². The number of hydrogen-bond acceptors (Lipinski definition) is 8. The Kier molecular flexibility index (Phi) is 18.4. The van der Waals surface area contributed by atoms with Crippen molar-refractivity contribution in [1.82, 2.24) is 9.55 Å². The Labute approximate surface area is 321 Å². The van der Waals surface area contributed by atoms with Crippen LogP contribution in [-0.4, -0.2) is 55.9 Å². The maximum atomic E-state index is 13.3. The van der Waals surface area contributed by atoms with Crippen LogP contribution in [0.5, 0.6) is 0 Å². The lowest BCUT2D eigenvalue weighted by molar-refractivity contribution is -0.123. The van der Waals surface area contributed by atoms with Gasteiger partial charge in [-0.2, -0.15) is 4.98 Å². The third-order valence-corrected chi connectivity index (χ3v) is 10.4. The molecule has 11 heteroatoms. The minimum absolute atomic E-state index is 0.00377. The number of anilines is 1. The molecule has 1 fully saturated rings. The van der Waals surface area contributed by atoms with E-state index in [4.69, 9.17) is 9.47 Å². The highest BCUT2D eigenvalue weighted by atomic mass is 127. The van der Waals surface area contributed by atoms with Gasteiger partial charge in [0.1, 0.15) is 24.1 Å². The highest BCUT2D eigenvalue weighted by molar-refractivity contribution is 14.1. The highest BCUT2D eigenvalue weighted by Crippen LogP contribution is 2.34. The second-order valence-electron chi connectivity index (χ2n) is 13.9. The lowest BCUT2D eigenvalue weighted by atomic mass is 9.99. The Morgan fingerprint density at radius 2 is 1.44 bits per heavy atom. The lowest BCUT2D eigenvalue weighted by Gasteiger charge is -2.25. The predicted molar refractivity (Wildman–Crippen MR) is 211 cm³/mol. The van der Waals surface area contributed by atoms with Crippen LogP contribution in [0, 0.1) is 3.57 Å². The number of aromatic nitrogens is 2. The molecule has 0 bridgehead atoms. The van der Waals surface area contributed by atoms with Crippen LogP contribution in [0.1, 0.15) is 121 Å². The summed E-state index contributed by atoms with van der Waals surface area (Å²) in [5, 5.41) is 25.3. The number of aliphatic hydroxyl groups is 2. The summed E-state index contributed by atoms with van der Waals surface area (Å²) in [5.41, 5.74) is 1.02. The maximum absolute atomic E-state index is 13.3. The minimum atomic E-state index is -1.30. The number of ether oxygens (including phenoxy) is 2. The summed E-state index contributed by atoms with van der Waals surface area (Å²) < 4.78 is 13.9. The van der Waals surface area contributed by atoms with Crippen molar-refractivity contribution in [2.45, 2.75) is 147 Å². The molecule has 0 spiro atoms. The molecular formula is C41H56IN3O7. The molecule has 1 aliphatic heterocycles. The van der Waals surface area contributed by atoms with E-state index >= 15 is 0 Å². The number of halogens is 1. The molecule has 0 radical (unpaired) electrons. The van der Waals surface area contributed by atoms with Crippen LogP contribution in [0.4, 0.5) is 5.82 Å².